The van der Waals surface area contributed by atoms with Crippen molar-refractivity contribution >= 4 is 0 Å². The van der Waals surface area contributed by atoms with Gasteiger partial charge in [-0.05, 0) is 41.8 Å². The summed E-state index contributed by atoms with van der Waals surface area (Å²) in [6, 6.07) is 14.8. The van der Waals surface area contributed by atoms with E-state index in [1.807, 2.05) is 18.6 Å². The van der Waals surface area contributed by atoms with E-state index in [2.05, 4.69) is 62.5 Å². The molecule has 2 aromatic heterocycles. The number of benzene rings is 1. The summed E-state index contributed by atoms with van der Waals surface area (Å²) in [6.07, 6.45) is 7.88. The first-order valence-electron chi connectivity index (χ1n) is 8.56. The molecule has 1 saturated heterocycles. The monoisotopic (exact) mass is 318 g/mol. The summed E-state index contributed by atoms with van der Waals surface area (Å²) < 4.78 is 0. The van der Waals surface area contributed by atoms with E-state index in [9.17, 15) is 0 Å². The van der Waals surface area contributed by atoms with Crippen LogP contribution >= 0.6 is 0 Å². The lowest BCUT2D eigenvalue weighted by Gasteiger charge is -2.16. The molecule has 1 aromatic carbocycles. The van der Waals surface area contributed by atoms with E-state index in [-0.39, 0.29) is 0 Å². The van der Waals surface area contributed by atoms with Crippen LogP contribution in [-0.2, 0) is 13.0 Å². The molecule has 0 amide bonds. The van der Waals surface area contributed by atoms with Crippen molar-refractivity contribution in [3.05, 3.63) is 83.4 Å². The molecule has 4 heteroatoms. The number of likely N-dealkylation sites (tertiary alicyclic amines) is 1. The molecule has 1 unspecified atom stereocenters. The molecule has 3 heterocycles. The minimum absolute atomic E-state index is 0.549. The van der Waals surface area contributed by atoms with Crippen LogP contribution in [0.3, 0.4) is 0 Å². The molecule has 0 spiro atoms. The lowest BCUT2D eigenvalue weighted by molar-refractivity contribution is 0.326. The summed E-state index contributed by atoms with van der Waals surface area (Å²) in [6.45, 7) is 3.23. The maximum atomic E-state index is 4.32. The first-order chi connectivity index (χ1) is 11.9. The van der Waals surface area contributed by atoms with Crippen molar-refractivity contribution < 1.29 is 0 Å². The molecule has 3 aromatic rings. The summed E-state index contributed by atoms with van der Waals surface area (Å²) in [5, 5.41) is 7.59. The van der Waals surface area contributed by atoms with Gasteiger partial charge in [-0.3, -0.25) is 15.0 Å². The zero-order chi connectivity index (χ0) is 16.2. The summed E-state index contributed by atoms with van der Waals surface area (Å²) in [4.78, 5) is 6.62. The van der Waals surface area contributed by atoms with Gasteiger partial charge < -0.3 is 0 Å². The third-order valence-corrected chi connectivity index (χ3v) is 4.82. The molecule has 24 heavy (non-hydrogen) atoms. The Bertz CT molecular complexity index is 767. The summed E-state index contributed by atoms with van der Waals surface area (Å²) in [5.41, 5.74) is 5.32. The molecule has 0 aliphatic carbocycles. The van der Waals surface area contributed by atoms with Gasteiger partial charge in [-0.15, -0.1) is 0 Å². The maximum Gasteiger partial charge on any atom is 0.0525 e. The van der Waals surface area contributed by atoms with Crippen LogP contribution in [0.1, 0.15) is 34.7 Å². The Balaban J connectivity index is 1.43. The molecule has 1 fully saturated rings. The molecule has 4 rings (SSSR count). The average Bonchev–Trinajstić information content (AvgIpc) is 3.26. The van der Waals surface area contributed by atoms with Crippen LogP contribution in [0.4, 0.5) is 0 Å². The highest BCUT2D eigenvalue weighted by atomic mass is 15.2. The van der Waals surface area contributed by atoms with Crippen LogP contribution in [0, 0.1) is 0 Å². The quantitative estimate of drug-likeness (QED) is 0.784. The average molecular weight is 318 g/mol. The fourth-order valence-corrected chi connectivity index (χ4v) is 3.59. The summed E-state index contributed by atoms with van der Waals surface area (Å²) >= 11 is 0. The fraction of sp³-hybridized carbons (Fsp3) is 0.300. The van der Waals surface area contributed by atoms with E-state index >= 15 is 0 Å². The zero-order valence-corrected chi connectivity index (χ0v) is 13.7. The predicted octanol–water partition coefficient (Wildman–Crippen LogP) is 3.39. The lowest BCUT2D eigenvalue weighted by Crippen LogP contribution is -2.20. The van der Waals surface area contributed by atoms with E-state index in [4.69, 9.17) is 0 Å². The number of hydrogen-bond acceptors (Lipinski definition) is 3. The Labute approximate surface area is 142 Å². The number of aromatic nitrogens is 3. The predicted molar refractivity (Wildman–Crippen MR) is 94.7 cm³/mol. The number of nitrogens with one attached hydrogen (secondary N) is 1. The molecular weight excluding hydrogens is 296 g/mol. The standard InChI is InChI=1S/C20H22N4/c1-2-4-16(5-3-1)12-19-13-22-23-20(19)18-8-11-24(15-18)14-17-6-9-21-10-7-17/h1-7,9-10,13,18H,8,11-12,14-15H2,(H,22,23). The highest BCUT2D eigenvalue weighted by molar-refractivity contribution is 5.29. The number of hydrogen-bond donors (Lipinski definition) is 1. The Morgan fingerprint density at radius 3 is 2.71 bits per heavy atom. The van der Waals surface area contributed by atoms with E-state index in [0.717, 1.165) is 26.1 Å². The molecule has 0 saturated carbocycles. The number of pyridine rings is 1. The third-order valence-electron chi connectivity index (χ3n) is 4.82. The summed E-state index contributed by atoms with van der Waals surface area (Å²) in [7, 11) is 0. The van der Waals surface area contributed by atoms with Gasteiger partial charge in [0, 0.05) is 43.5 Å². The van der Waals surface area contributed by atoms with E-state index in [1.54, 1.807) is 0 Å². The fourth-order valence-electron chi connectivity index (χ4n) is 3.59. The highest BCUT2D eigenvalue weighted by Gasteiger charge is 2.26. The number of nitrogens with zero attached hydrogens (tertiary/aromatic N) is 3. The molecule has 1 aliphatic heterocycles. The molecular formula is C20H22N4. The Morgan fingerprint density at radius 1 is 1.04 bits per heavy atom. The van der Waals surface area contributed by atoms with E-state index in [0.29, 0.717) is 5.92 Å². The molecule has 0 bridgehead atoms. The van der Waals surface area contributed by atoms with Crippen molar-refractivity contribution in [2.45, 2.75) is 25.3 Å². The SMILES string of the molecule is c1ccc(Cc2cn[nH]c2C2CCN(Cc3ccncc3)C2)cc1. The van der Waals surface area contributed by atoms with Gasteiger partial charge in [-0.1, -0.05) is 30.3 Å². The Morgan fingerprint density at radius 2 is 1.88 bits per heavy atom. The van der Waals surface area contributed by atoms with Gasteiger partial charge >= 0.3 is 0 Å². The summed E-state index contributed by atoms with van der Waals surface area (Å²) in [5.74, 6) is 0.549. The van der Waals surface area contributed by atoms with E-state index in [1.165, 1.54) is 28.8 Å². The largest absolute Gasteiger partial charge is 0.298 e. The third kappa shape index (κ3) is 3.39. The van der Waals surface area contributed by atoms with Gasteiger partial charge in [-0.25, -0.2) is 0 Å². The second-order valence-electron chi connectivity index (χ2n) is 6.55. The molecule has 1 atom stereocenters. The van der Waals surface area contributed by atoms with Crippen molar-refractivity contribution in [1.82, 2.24) is 20.1 Å². The molecule has 1 N–H and O–H groups in total. The molecule has 0 radical (unpaired) electrons. The Hall–Kier alpha value is -2.46. The number of H-pyrrole nitrogens is 1. The van der Waals surface area contributed by atoms with Crippen molar-refractivity contribution in [3.8, 4) is 0 Å². The molecule has 4 nitrogen and oxygen atoms in total. The van der Waals surface area contributed by atoms with Crippen molar-refractivity contribution in [3.63, 3.8) is 0 Å². The maximum absolute atomic E-state index is 4.32. The van der Waals surface area contributed by atoms with Gasteiger partial charge in [0.05, 0.1) is 6.20 Å². The van der Waals surface area contributed by atoms with Crippen LogP contribution in [-0.4, -0.2) is 33.2 Å². The van der Waals surface area contributed by atoms with Gasteiger partial charge in [-0.2, -0.15) is 5.10 Å². The second-order valence-corrected chi connectivity index (χ2v) is 6.55. The zero-order valence-electron chi connectivity index (χ0n) is 13.7. The second kappa shape index (κ2) is 6.97. The first-order valence-corrected chi connectivity index (χ1v) is 8.56. The number of rotatable bonds is 5. The van der Waals surface area contributed by atoms with Gasteiger partial charge in [0.2, 0.25) is 0 Å². The van der Waals surface area contributed by atoms with Crippen LogP contribution in [0.5, 0.6) is 0 Å². The van der Waals surface area contributed by atoms with Gasteiger partial charge in [0.15, 0.2) is 0 Å². The van der Waals surface area contributed by atoms with Crippen LogP contribution < -0.4 is 0 Å². The van der Waals surface area contributed by atoms with Crippen molar-refractivity contribution in [2.24, 2.45) is 0 Å². The molecule has 1 aliphatic rings. The lowest BCUT2D eigenvalue weighted by atomic mass is 9.97. The number of aromatic amines is 1. The van der Waals surface area contributed by atoms with Crippen LogP contribution in [0.15, 0.2) is 61.1 Å². The van der Waals surface area contributed by atoms with Crippen LogP contribution in [0.2, 0.25) is 0 Å². The minimum Gasteiger partial charge on any atom is -0.298 e. The van der Waals surface area contributed by atoms with Crippen molar-refractivity contribution in [2.75, 3.05) is 13.1 Å². The normalized spacial score (nSPS) is 18.1. The van der Waals surface area contributed by atoms with Gasteiger partial charge in [0.25, 0.3) is 0 Å². The van der Waals surface area contributed by atoms with E-state index < -0.39 is 0 Å². The topological polar surface area (TPSA) is 44.8 Å². The smallest absolute Gasteiger partial charge is 0.0525 e. The highest BCUT2D eigenvalue weighted by Crippen LogP contribution is 2.29. The molecule has 122 valence electrons. The minimum atomic E-state index is 0.549. The van der Waals surface area contributed by atoms with Crippen molar-refractivity contribution in [1.29, 1.82) is 0 Å². The van der Waals surface area contributed by atoms with Gasteiger partial charge in [0.1, 0.15) is 0 Å². The first kappa shape index (κ1) is 15.1. The van der Waals surface area contributed by atoms with Crippen LogP contribution in [0.25, 0.3) is 0 Å². The Kier molecular flexibility index (Phi) is 4.38.